The van der Waals surface area contributed by atoms with Gasteiger partial charge in [-0.05, 0) is 24.5 Å². The fourth-order valence-corrected chi connectivity index (χ4v) is 2.00. The van der Waals surface area contributed by atoms with Gasteiger partial charge in [-0.3, -0.25) is 9.59 Å². The van der Waals surface area contributed by atoms with Gasteiger partial charge in [0.2, 0.25) is 0 Å². The summed E-state index contributed by atoms with van der Waals surface area (Å²) in [5.41, 5.74) is 1.81. The third kappa shape index (κ3) is 2.80. The van der Waals surface area contributed by atoms with Crippen molar-refractivity contribution in [1.82, 2.24) is 0 Å². The summed E-state index contributed by atoms with van der Waals surface area (Å²) in [5.74, 6) is 0.0224. The Balaban J connectivity index is 2.40. The lowest BCUT2D eigenvalue weighted by atomic mass is 10.0. The first-order valence-corrected chi connectivity index (χ1v) is 5.84. The van der Waals surface area contributed by atoms with Crippen LogP contribution in [-0.4, -0.2) is 18.5 Å². The minimum absolute atomic E-state index is 0.396. The van der Waals surface area contributed by atoms with E-state index in [-0.39, 0.29) is 0 Å². The summed E-state index contributed by atoms with van der Waals surface area (Å²) in [6.45, 7) is 3.52. The van der Waals surface area contributed by atoms with Crippen LogP contribution in [0.2, 0.25) is 0 Å². The van der Waals surface area contributed by atoms with Crippen molar-refractivity contribution in [3.8, 4) is 11.5 Å². The largest absolute Gasteiger partial charge is 0.427 e. The summed E-state index contributed by atoms with van der Waals surface area (Å²) < 4.78 is 10.2. The molecule has 5 heteroatoms. The first-order valence-electron chi connectivity index (χ1n) is 5.84. The minimum Gasteiger partial charge on any atom is -0.427 e. The molecular weight excluding hydrogens is 234 g/mol. The number of aryl methyl sites for hydroxylation is 1. The molecule has 0 aliphatic carbocycles. The van der Waals surface area contributed by atoms with Gasteiger partial charge in [-0.15, -0.1) is 0 Å². The smallest absolute Gasteiger partial charge is 0.308 e. The second kappa shape index (κ2) is 5.08. The van der Waals surface area contributed by atoms with E-state index in [0.717, 1.165) is 30.6 Å². The maximum absolute atomic E-state index is 11.1. The quantitative estimate of drug-likeness (QED) is 0.640. The molecule has 0 saturated heterocycles. The third-order valence-electron chi connectivity index (χ3n) is 2.60. The number of fused-ring (bicyclic) bond motifs is 1. The Labute approximate surface area is 105 Å². The van der Waals surface area contributed by atoms with Crippen LogP contribution in [0.15, 0.2) is 12.1 Å². The van der Waals surface area contributed by atoms with Crippen LogP contribution in [0, 0.1) is 0 Å². The summed E-state index contributed by atoms with van der Waals surface area (Å²) >= 11 is 0. The van der Waals surface area contributed by atoms with Crippen molar-refractivity contribution in [3.05, 3.63) is 17.7 Å². The van der Waals surface area contributed by atoms with Crippen LogP contribution in [0.3, 0.4) is 0 Å². The Kier molecular flexibility index (Phi) is 3.50. The molecule has 1 aliphatic heterocycles. The molecule has 2 rings (SSSR count). The Hall–Kier alpha value is -2.04. The number of nitrogens with one attached hydrogen (secondary N) is 1. The molecule has 1 aromatic carbocycles. The molecule has 0 fully saturated rings. The number of ether oxygens (including phenoxy) is 2. The summed E-state index contributed by atoms with van der Waals surface area (Å²) in [6.07, 6.45) is 1.86. The average Bonchev–Trinajstić information content (AvgIpc) is 2.27. The number of anilines is 1. The summed E-state index contributed by atoms with van der Waals surface area (Å²) in [6, 6.07) is 3.36. The van der Waals surface area contributed by atoms with Crippen LogP contribution in [0.5, 0.6) is 11.5 Å². The van der Waals surface area contributed by atoms with E-state index < -0.39 is 11.9 Å². The second-order valence-corrected chi connectivity index (χ2v) is 4.17. The van der Waals surface area contributed by atoms with E-state index in [1.807, 2.05) is 0 Å². The molecule has 1 heterocycles. The number of rotatable bonds is 2. The predicted octanol–water partition coefficient (Wildman–Crippen LogP) is 1.90. The highest BCUT2D eigenvalue weighted by atomic mass is 16.5. The lowest BCUT2D eigenvalue weighted by molar-refractivity contribution is -0.132. The third-order valence-corrected chi connectivity index (χ3v) is 2.60. The zero-order chi connectivity index (χ0) is 13.1. The van der Waals surface area contributed by atoms with Gasteiger partial charge in [-0.1, -0.05) is 0 Å². The Morgan fingerprint density at radius 3 is 2.56 bits per heavy atom. The normalized spacial score (nSPS) is 13.2. The van der Waals surface area contributed by atoms with Gasteiger partial charge in [0.15, 0.2) is 5.75 Å². The standard InChI is InChI=1S/C13H15NO4/c1-8(15)17-11-6-10-4-3-5-14-13(10)12(7-11)18-9(2)16/h6-7,14H,3-5H2,1-2H3. The topological polar surface area (TPSA) is 64.6 Å². The molecule has 5 nitrogen and oxygen atoms in total. The molecule has 0 atom stereocenters. The second-order valence-electron chi connectivity index (χ2n) is 4.17. The van der Waals surface area contributed by atoms with Crippen molar-refractivity contribution in [2.45, 2.75) is 26.7 Å². The fraction of sp³-hybridized carbons (Fsp3) is 0.385. The van der Waals surface area contributed by atoms with Crippen molar-refractivity contribution < 1.29 is 19.1 Å². The molecule has 96 valence electrons. The van der Waals surface area contributed by atoms with Crippen LogP contribution in [0.4, 0.5) is 5.69 Å². The highest BCUT2D eigenvalue weighted by Gasteiger charge is 2.17. The lowest BCUT2D eigenvalue weighted by Crippen LogP contribution is -2.15. The molecule has 1 N–H and O–H groups in total. The van der Waals surface area contributed by atoms with Crippen molar-refractivity contribution in [1.29, 1.82) is 0 Å². The van der Waals surface area contributed by atoms with E-state index in [2.05, 4.69) is 5.32 Å². The first-order chi connectivity index (χ1) is 8.56. The first kappa shape index (κ1) is 12.4. The molecule has 1 aromatic rings. The van der Waals surface area contributed by atoms with Crippen LogP contribution in [0.25, 0.3) is 0 Å². The van der Waals surface area contributed by atoms with E-state index >= 15 is 0 Å². The van der Waals surface area contributed by atoms with Crippen molar-refractivity contribution in [2.75, 3.05) is 11.9 Å². The summed E-state index contributed by atoms with van der Waals surface area (Å²) in [4.78, 5) is 22.0. The molecule has 0 amide bonds. The van der Waals surface area contributed by atoms with E-state index in [0.29, 0.717) is 11.5 Å². The zero-order valence-corrected chi connectivity index (χ0v) is 10.4. The van der Waals surface area contributed by atoms with Gasteiger partial charge in [-0.2, -0.15) is 0 Å². The van der Waals surface area contributed by atoms with Crippen molar-refractivity contribution >= 4 is 17.6 Å². The van der Waals surface area contributed by atoms with Gasteiger partial charge in [0.1, 0.15) is 5.75 Å². The molecule has 0 saturated carbocycles. The van der Waals surface area contributed by atoms with Gasteiger partial charge in [-0.25, -0.2) is 0 Å². The molecule has 0 radical (unpaired) electrons. The van der Waals surface area contributed by atoms with Gasteiger partial charge >= 0.3 is 11.9 Å². The minimum atomic E-state index is -0.399. The monoisotopic (exact) mass is 249 g/mol. The predicted molar refractivity (Wildman–Crippen MR) is 65.9 cm³/mol. The Morgan fingerprint density at radius 2 is 1.89 bits per heavy atom. The Morgan fingerprint density at radius 1 is 1.17 bits per heavy atom. The highest BCUT2D eigenvalue weighted by molar-refractivity contribution is 5.76. The lowest BCUT2D eigenvalue weighted by Gasteiger charge is -2.21. The molecule has 18 heavy (non-hydrogen) atoms. The van der Waals surface area contributed by atoms with Crippen LogP contribution in [0.1, 0.15) is 25.8 Å². The fourth-order valence-electron chi connectivity index (χ4n) is 2.00. The van der Waals surface area contributed by atoms with Crippen LogP contribution < -0.4 is 14.8 Å². The number of hydrogen-bond donors (Lipinski definition) is 1. The number of carbonyl (C=O) groups excluding carboxylic acids is 2. The summed E-state index contributed by atoms with van der Waals surface area (Å²) in [5, 5.41) is 3.20. The SMILES string of the molecule is CC(=O)Oc1cc2c(c(OC(C)=O)c1)NCCC2. The molecular formula is C13H15NO4. The van der Waals surface area contributed by atoms with Crippen molar-refractivity contribution in [2.24, 2.45) is 0 Å². The average molecular weight is 249 g/mol. The molecule has 0 aromatic heterocycles. The molecule has 0 bridgehead atoms. The summed E-state index contributed by atoms with van der Waals surface area (Å²) in [7, 11) is 0. The van der Waals surface area contributed by atoms with Crippen molar-refractivity contribution in [3.63, 3.8) is 0 Å². The van der Waals surface area contributed by atoms with E-state index in [1.54, 1.807) is 12.1 Å². The number of carbonyl (C=O) groups is 2. The van der Waals surface area contributed by atoms with Gasteiger partial charge in [0.05, 0.1) is 5.69 Å². The molecule has 0 unspecified atom stereocenters. The van der Waals surface area contributed by atoms with Crippen LogP contribution in [-0.2, 0) is 16.0 Å². The highest BCUT2D eigenvalue weighted by Crippen LogP contribution is 2.36. The molecule has 0 spiro atoms. The van der Waals surface area contributed by atoms with Gasteiger partial charge in [0, 0.05) is 26.5 Å². The number of esters is 2. The van der Waals surface area contributed by atoms with E-state index in [9.17, 15) is 9.59 Å². The van der Waals surface area contributed by atoms with Crippen LogP contribution >= 0.6 is 0 Å². The van der Waals surface area contributed by atoms with E-state index in [1.165, 1.54) is 13.8 Å². The Bertz CT molecular complexity index is 496. The maximum Gasteiger partial charge on any atom is 0.308 e. The molecule has 1 aliphatic rings. The number of benzene rings is 1. The number of hydrogen-bond acceptors (Lipinski definition) is 5. The van der Waals surface area contributed by atoms with Gasteiger partial charge in [0.25, 0.3) is 0 Å². The maximum atomic E-state index is 11.1. The van der Waals surface area contributed by atoms with Gasteiger partial charge < -0.3 is 14.8 Å². The van der Waals surface area contributed by atoms with E-state index in [4.69, 9.17) is 9.47 Å². The zero-order valence-electron chi connectivity index (χ0n) is 10.4.